The monoisotopic (exact) mass is 335 g/mol. The molecule has 2 N–H and O–H groups in total. The summed E-state index contributed by atoms with van der Waals surface area (Å²) in [5, 5.41) is 11.9. The quantitative estimate of drug-likeness (QED) is 0.869. The van der Waals surface area contributed by atoms with Gasteiger partial charge in [0.25, 0.3) is 0 Å². The molecule has 100 valence electrons. The second kappa shape index (κ2) is 6.29. The Hall–Kier alpha value is -0.940. The zero-order valence-corrected chi connectivity index (χ0v) is 12.7. The van der Waals surface area contributed by atoms with E-state index in [0.717, 1.165) is 15.6 Å². The third-order valence-corrected chi connectivity index (χ3v) is 4.06. The molecule has 1 amide bonds. The van der Waals surface area contributed by atoms with Crippen molar-refractivity contribution in [1.82, 2.24) is 5.32 Å². The number of carboxylic acid groups (broad SMARTS) is 1. The van der Waals surface area contributed by atoms with Crippen LogP contribution in [0.1, 0.15) is 30.5 Å². The SMILES string of the molecule is CCC(NC(=O)O)c1cc(Cl)c(C)c(Br)c1OC. The van der Waals surface area contributed by atoms with Crippen molar-refractivity contribution in [2.75, 3.05) is 7.11 Å². The maximum atomic E-state index is 10.8. The molecule has 0 heterocycles. The Morgan fingerprint density at radius 1 is 1.67 bits per heavy atom. The van der Waals surface area contributed by atoms with Gasteiger partial charge in [0.1, 0.15) is 5.75 Å². The summed E-state index contributed by atoms with van der Waals surface area (Å²) in [6.07, 6.45) is -0.467. The topological polar surface area (TPSA) is 58.6 Å². The van der Waals surface area contributed by atoms with E-state index in [2.05, 4.69) is 21.2 Å². The van der Waals surface area contributed by atoms with E-state index in [-0.39, 0.29) is 6.04 Å². The Labute approximate surface area is 119 Å². The van der Waals surface area contributed by atoms with Crippen molar-refractivity contribution in [2.24, 2.45) is 0 Å². The molecule has 0 spiro atoms. The molecule has 0 saturated heterocycles. The highest BCUT2D eigenvalue weighted by Gasteiger charge is 2.21. The van der Waals surface area contributed by atoms with Crippen molar-refractivity contribution in [3.8, 4) is 5.75 Å². The summed E-state index contributed by atoms with van der Waals surface area (Å²) < 4.78 is 6.09. The lowest BCUT2D eigenvalue weighted by Gasteiger charge is -2.21. The molecule has 0 fully saturated rings. The maximum Gasteiger partial charge on any atom is 0.405 e. The number of benzene rings is 1. The van der Waals surface area contributed by atoms with Gasteiger partial charge in [0.15, 0.2) is 0 Å². The van der Waals surface area contributed by atoms with Crippen molar-refractivity contribution in [1.29, 1.82) is 0 Å². The average Bonchev–Trinajstić information content (AvgIpc) is 2.32. The number of methoxy groups -OCH3 is 1. The van der Waals surface area contributed by atoms with Crippen molar-refractivity contribution in [3.63, 3.8) is 0 Å². The second-order valence-corrected chi connectivity index (χ2v) is 5.03. The molecule has 1 rings (SSSR count). The summed E-state index contributed by atoms with van der Waals surface area (Å²) >= 11 is 9.55. The van der Waals surface area contributed by atoms with Gasteiger partial charge in [-0.25, -0.2) is 4.79 Å². The van der Waals surface area contributed by atoms with E-state index in [4.69, 9.17) is 21.4 Å². The average molecular weight is 337 g/mol. The fourth-order valence-corrected chi connectivity index (χ4v) is 2.66. The van der Waals surface area contributed by atoms with Crippen LogP contribution in [0.5, 0.6) is 5.75 Å². The lowest BCUT2D eigenvalue weighted by atomic mass is 10.0. The third kappa shape index (κ3) is 3.09. The highest BCUT2D eigenvalue weighted by Crippen LogP contribution is 2.40. The van der Waals surface area contributed by atoms with Crippen LogP contribution in [-0.2, 0) is 0 Å². The first-order valence-electron chi connectivity index (χ1n) is 5.44. The van der Waals surface area contributed by atoms with Gasteiger partial charge < -0.3 is 15.2 Å². The highest BCUT2D eigenvalue weighted by atomic mass is 79.9. The van der Waals surface area contributed by atoms with Gasteiger partial charge in [0.05, 0.1) is 17.6 Å². The molecule has 0 radical (unpaired) electrons. The van der Waals surface area contributed by atoms with Crippen LogP contribution in [0.3, 0.4) is 0 Å². The van der Waals surface area contributed by atoms with Gasteiger partial charge in [-0.3, -0.25) is 0 Å². The zero-order valence-electron chi connectivity index (χ0n) is 10.4. The molecule has 1 unspecified atom stereocenters. The normalized spacial score (nSPS) is 12.1. The third-order valence-electron chi connectivity index (χ3n) is 2.72. The summed E-state index contributed by atoms with van der Waals surface area (Å²) in [6, 6.07) is 1.39. The van der Waals surface area contributed by atoms with Gasteiger partial charge in [0, 0.05) is 10.6 Å². The van der Waals surface area contributed by atoms with Crippen LogP contribution in [0.15, 0.2) is 10.5 Å². The Kier molecular flexibility index (Phi) is 5.28. The zero-order chi connectivity index (χ0) is 13.9. The minimum Gasteiger partial charge on any atom is -0.495 e. The van der Waals surface area contributed by atoms with Crippen molar-refractivity contribution in [2.45, 2.75) is 26.3 Å². The smallest absolute Gasteiger partial charge is 0.405 e. The van der Waals surface area contributed by atoms with Gasteiger partial charge in [-0.2, -0.15) is 0 Å². The molecular weight excluding hydrogens is 321 g/mol. The van der Waals surface area contributed by atoms with Gasteiger partial charge in [0.2, 0.25) is 0 Å². The maximum absolute atomic E-state index is 10.8. The summed E-state index contributed by atoms with van der Waals surface area (Å²) in [5.41, 5.74) is 1.59. The van der Waals surface area contributed by atoms with Gasteiger partial charge in [-0.05, 0) is 40.9 Å². The van der Waals surface area contributed by atoms with E-state index < -0.39 is 6.09 Å². The first-order valence-corrected chi connectivity index (χ1v) is 6.61. The van der Waals surface area contributed by atoms with E-state index in [1.165, 1.54) is 0 Å². The van der Waals surface area contributed by atoms with Crippen LogP contribution < -0.4 is 10.1 Å². The van der Waals surface area contributed by atoms with Crippen molar-refractivity contribution in [3.05, 3.63) is 26.7 Å². The molecule has 18 heavy (non-hydrogen) atoms. The van der Waals surface area contributed by atoms with Crippen LogP contribution in [-0.4, -0.2) is 18.3 Å². The molecule has 1 aromatic carbocycles. The van der Waals surface area contributed by atoms with Gasteiger partial charge >= 0.3 is 6.09 Å². The summed E-state index contributed by atoms with van der Waals surface area (Å²) in [4.78, 5) is 10.8. The fraction of sp³-hybridized carbons (Fsp3) is 0.417. The minimum atomic E-state index is -1.07. The molecule has 0 aromatic heterocycles. The van der Waals surface area contributed by atoms with E-state index in [0.29, 0.717) is 17.2 Å². The molecule has 1 aromatic rings. The first kappa shape index (κ1) is 15.1. The van der Waals surface area contributed by atoms with Crippen LogP contribution in [0.25, 0.3) is 0 Å². The lowest BCUT2D eigenvalue weighted by Crippen LogP contribution is -2.26. The molecule has 4 nitrogen and oxygen atoms in total. The number of rotatable bonds is 4. The highest BCUT2D eigenvalue weighted by molar-refractivity contribution is 9.10. The van der Waals surface area contributed by atoms with Crippen LogP contribution in [0, 0.1) is 6.92 Å². The molecule has 0 aliphatic carbocycles. The van der Waals surface area contributed by atoms with Gasteiger partial charge in [-0.15, -0.1) is 0 Å². The lowest BCUT2D eigenvalue weighted by molar-refractivity contribution is 0.189. The van der Waals surface area contributed by atoms with Crippen LogP contribution >= 0.6 is 27.5 Å². The molecule has 6 heteroatoms. The van der Waals surface area contributed by atoms with E-state index in [9.17, 15) is 4.79 Å². The van der Waals surface area contributed by atoms with E-state index >= 15 is 0 Å². The number of carbonyl (C=O) groups is 1. The van der Waals surface area contributed by atoms with Gasteiger partial charge in [-0.1, -0.05) is 18.5 Å². The Morgan fingerprint density at radius 2 is 2.28 bits per heavy atom. The number of amides is 1. The van der Waals surface area contributed by atoms with Crippen molar-refractivity contribution >= 4 is 33.6 Å². The molecule has 1 atom stereocenters. The Morgan fingerprint density at radius 3 is 2.72 bits per heavy atom. The Bertz CT molecular complexity index is 465. The standard InChI is InChI=1S/C12H15BrClNO3/c1-4-9(15-12(16)17)7-5-8(14)6(2)10(13)11(7)18-3/h5,9,15H,4H2,1-3H3,(H,16,17). The summed E-state index contributed by atoms with van der Waals surface area (Å²) in [7, 11) is 1.55. The van der Waals surface area contributed by atoms with Crippen molar-refractivity contribution < 1.29 is 14.6 Å². The molecule has 0 bridgehead atoms. The number of halogens is 2. The van der Waals surface area contributed by atoms with E-state index in [1.807, 2.05) is 13.8 Å². The fourth-order valence-electron chi connectivity index (χ4n) is 1.73. The molecule has 0 aliphatic heterocycles. The number of nitrogens with one attached hydrogen (secondary N) is 1. The first-order chi connectivity index (χ1) is 8.42. The number of hydrogen-bond acceptors (Lipinski definition) is 2. The predicted molar refractivity (Wildman–Crippen MR) is 74.6 cm³/mol. The second-order valence-electron chi connectivity index (χ2n) is 3.83. The minimum absolute atomic E-state index is 0.355. The largest absolute Gasteiger partial charge is 0.495 e. The number of hydrogen-bond donors (Lipinski definition) is 2. The Balaban J connectivity index is 3.33. The van der Waals surface area contributed by atoms with Crippen LogP contribution in [0.2, 0.25) is 5.02 Å². The molecular formula is C12H15BrClNO3. The molecule has 0 aliphatic rings. The summed E-state index contributed by atoms with van der Waals surface area (Å²) in [5.74, 6) is 0.609. The van der Waals surface area contributed by atoms with Crippen LogP contribution in [0.4, 0.5) is 4.79 Å². The number of ether oxygens (including phenoxy) is 1. The predicted octanol–water partition coefficient (Wildman–Crippen LogP) is 4.14. The van der Waals surface area contributed by atoms with E-state index in [1.54, 1.807) is 13.2 Å². The summed E-state index contributed by atoms with van der Waals surface area (Å²) in [6.45, 7) is 3.76. The molecule has 0 saturated carbocycles.